The molecule has 134 valence electrons. The van der Waals surface area contributed by atoms with Crippen LogP contribution in [0.15, 0.2) is 12.1 Å². The monoisotopic (exact) mass is 360 g/mol. The number of alkyl halides is 2. The third-order valence-corrected chi connectivity index (χ3v) is 4.80. The summed E-state index contributed by atoms with van der Waals surface area (Å²) in [6.07, 6.45) is 3.03. The van der Waals surface area contributed by atoms with E-state index in [0.717, 1.165) is 32.4 Å². The van der Waals surface area contributed by atoms with Crippen LogP contribution >= 0.6 is 12.4 Å². The Labute approximate surface area is 147 Å². The summed E-state index contributed by atoms with van der Waals surface area (Å²) in [5, 5.41) is 3.37. The largest absolute Gasteiger partial charge is 0.434 e. The molecule has 2 aliphatic heterocycles. The second-order valence-corrected chi connectivity index (χ2v) is 6.41. The van der Waals surface area contributed by atoms with E-state index in [1.54, 1.807) is 26.0 Å². The van der Waals surface area contributed by atoms with Gasteiger partial charge in [-0.25, -0.2) is 0 Å². The highest BCUT2D eigenvalue weighted by Crippen LogP contribution is 2.32. The number of rotatable bonds is 3. The van der Waals surface area contributed by atoms with Gasteiger partial charge in [0, 0.05) is 24.2 Å². The number of carbonyl (C=O) groups excluding carboxylic acids is 1. The van der Waals surface area contributed by atoms with E-state index in [4.69, 9.17) is 0 Å². The Kier molecular flexibility index (Phi) is 6.04. The smallest absolute Gasteiger partial charge is 0.387 e. The number of nitrogens with zero attached hydrogens (tertiary/aromatic N) is 1. The van der Waals surface area contributed by atoms with E-state index < -0.39 is 6.61 Å². The molecule has 7 heteroatoms. The van der Waals surface area contributed by atoms with Crippen LogP contribution in [0.4, 0.5) is 8.78 Å². The van der Waals surface area contributed by atoms with Crippen LogP contribution in [0.5, 0.6) is 5.75 Å². The number of benzene rings is 1. The molecule has 0 spiro atoms. The van der Waals surface area contributed by atoms with Gasteiger partial charge in [-0.2, -0.15) is 8.78 Å². The lowest BCUT2D eigenvalue weighted by atomic mass is 10.0. The van der Waals surface area contributed by atoms with E-state index in [2.05, 4.69) is 10.1 Å². The third kappa shape index (κ3) is 3.64. The van der Waals surface area contributed by atoms with Gasteiger partial charge in [-0.15, -0.1) is 12.4 Å². The van der Waals surface area contributed by atoms with E-state index in [1.165, 1.54) is 0 Å². The first-order valence-corrected chi connectivity index (χ1v) is 8.07. The van der Waals surface area contributed by atoms with Crippen LogP contribution in [0, 0.1) is 13.8 Å². The zero-order chi connectivity index (χ0) is 16.6. The van der Waals surface area contributed by atoms with Gasteiger partial charge in [-0.1, -0.05) is 0 Å². The first kappa shape index (κ1) is 18.9. The maximum absolute atomic E-state index is 13.0. The summed E-state index contributed by atoms with van der Waals surface area (Å²) >= 11 is 0. The fourth-order valence-corrected chi connectivity index (χ4v) is 3.81. The Bertz CT molecular complexity index is 575. The molecule has 0 radical (unpaired) electrons. The van der Waals surface area contributed by atoms with Gasteiger partial charge in [0.05, 0.1) is 0 Å². The topological polar surface area (TPSA) is 41.6 Å². The average Bonchev–Trinajstić information content (AvgIpc) is 2.74. The Balaban J connectivity index is 0.00000208. The van der Waals surface area contributed by atoms with Gasteiger partial charge in [-0.3, -0.25) is 4.79 Å². The van der Waals surface area contributed by atoms with Crippen molar-refractivity contribution in [2.75, 3.05) is 13.1 Å². The Hall–Kier alpha value is -1.40. The average molecular weight is 361 g/mol. The molecule has 3 rings (SSSR count). The third-order valence-electron chi connectivity index (χ3n) is 4.80. The molecule has 2 bridgehead atoms. The summed E-state index contributed by atoms with van der Waals surface area (Å²) in [5.74, 6) is 0.160. The molecule has 2 unspecified atom stereocenters. The zero-order valence-electron chi connectivity index (χ0n) is 13.9. The number of halogens is 3. The molecular weight excluding hydrogens is 338 g/mol. The van der Waals surface area contributed by atoms with Crippen LogP contribution in [-0.2, 0) is 0 Å². The Morgan fingerprint density at radius 2 is 1.83 bits per heavy atom. The van der Waals surface area contributed by atoms with Gasteiger partial charge in [0.1, 0.15) is 5.75 Å². The molecule has 24 heavy (non-hydrogen) atoms. The van der Waals surface area contributed by atoms with Crippen molar-refractivity contribution in [2.24, 2.45) is 0 Å². The number of aryl methyl sites for hydroxylation is 2. The van der Waals surface area contributed by atoms with Crippen molar-refractivity contribution in [3.8, 4) is 5.75 Å². The van der Waals surface area contributed by atoms with Gasteiger partial charge < -0.3 is 15.0 Å². The van der Waals surface area contributed by atoms with Gasteiger partial charge >= 0.3 is 6.61 Å². The van der Waals surface area contributed by atoms with Crippen molar-refractivity contribution in [1.82, 2.24) is 10.2 Å². The number of amides is 1. The SMILES string of the molecule is Cc1cc(C(=O)N2C3CCNCC2CC3)cc(C)c1OC(F)F.Cl. The number of hydrogen-bond acceptors (Lipinski definition) is 3. The summed E-state index contributed by atoms with van der Waals surface area (Å²) in [5.41, 5.74) is 1.68. The van der Waals surface area contributed by atoms with Crippen LogP contribution in [-0.4, -0.2) is 42.6 Å². The summed E-state index contributed by atoms with van der Waals surface area (Å²) in [4.78, 5) is 14.9. The van der Waals surface area contributed by atoms with E-state index in [0.29, 0.717) is 16.7 Å². The first-order chi connectivity index (χ1) is 11.0. The lowest BCUT2D eigenvalue weighted by Gasteiger charge is -2.28. The highest BCUT2D eigenvalue weighted by molar-refractivity contribution is 5.95. The van der Waals surface area contributed by atoms with Crippen molar-refractivity contribution in [3.05, 3.63) is 28.8 Å². The highest BCUT2D eigenvalue weighted by atomic mass is 35.5. The molecule has 1 aromatic rings. The molecule has 1 aromatic carbocycles. The second-order valence-electron chi connectivity index (χ2n) is 6.41. The van der Waals surface area contributed by atoms with Crippen molar-refractivity contribution in [1.29, 1.82) is 0 Å². The molecule has 1 amide bonds. The first-order valence-electron chi connectivity index (χ1n) is 8.07. The molecule has 2 fully saturated rings. The Morgan fingerprint density at radius 3 is 2.46 bits per heavy atom. The molecule has 0 aliphatic carbocycles. The van der Waals surface area contributed by atoms with Crippen molar-refractivity contribution >= 4 is 18.3 Å². The van der Waals surface area contributed by atoms with Gasteiger partial charge in [0.25, 0.3) is 5.91 Å². The van der Waals surface area contributed by atoms with E-state index in [1.807, 2.05) is 4.90 Å². The molecule has 2 saturated heterocycles. The second kappa shape index (κ2) is 7.66. The van der Waals surface area contributed by atoms with E-state index >= 15 is 0 Å². The highest BCUT2D eigenvalue weighted by Gasteiger charge is 2.38. The fourth-order valence-electron chi connectivity index (χ4n) is 3.81. The minimum Gasteiger partial charge on any atom is -0.434 e. The van der Waals surface area contributed by atoms with E-state index in [-0.39, 0.29) is 36.1 Å². The van der Waals surface area contributed by atoms with Gasteiger partial charge in [-0.05, 0) is 62.9 Å². The lowest BCUT2D eigenvalue weighted by Crippen LogP contribution is -2.42. The Morgan fingerprint density at radius 1 is 1.21 bits per heavy atom. The van der Waals surface area contributed by atoms with Crippen LogP contribution < -0.4 is 10.1 Å². The van der Waals surface area contributed by atoms with Crippen LogP contribution in [0.2, 0.25) is 0 Å². The quantitative estimate of drug-likeness (QED) is 0.899. The summed E-state index contributed by atoms with van der Waals surface area (Å²) in [7, 11) is 0. The van der Waals surface area contributed by atoms with Crippen LogP contribution in [0.1, 0.15) is 40.7 Å². The minimum atomic E-state index is -2.86. The maximum atomic E-state index is 13.0. The van der Waals surface area contributed by atoms with Gasteiger partial charge in [0.2, 0.25) is 0 Å². The molecule has 2 atom stereocenters. The summed E-state index contributed by atoms with van der Waals surface area (Å²) in [6.45, 7) is 2.29. The molecular formula is C17H23ClF2N2O2. The van der Waals surface area contributed by atoms with Crippen LogP contribution in [0.3, 0.4) is 0 Å². The molecule has 0 saturated carbocycles. The molecule has 2 aliphatic rings. The molecule has 2 heterocycles. The molecule has 1 N–H and O–H groups in total. The van der Waals surface area contributed by atoms with Crippen molar-refractivity contribution < 1.29 is 18.3 Å². The number of nitrogens with one attached hydrogen (secondary N) is 1. The standard InChI is InChI=1S/C17H22F2N2O2.ClH/c1-10-7-12(8-11(2)15(10)23-17(18)19)16(22)21-13-3-4-14(21)9-20-6-5-13;/h7-8,13-14,17,20H,3-6,9H2,1-2H3;1H. The lowest BCUT2D eigenvalue weighted by molar-refractivity contribution is -0.0507. The summed E-state index contributed by atoms with van der Waals surface area (Å²) in [6, 6.07) is 3.82. The zero-order valence-corrected chi connectivity index (χ0v) is 14.7. The normalized spacial score (nSPS) is 23.0. The maximum Gasteiger partial charge on any atom is 0.387 e. The van der Waals surface area contributed by atoms with Gasteiger partial charge in [0.15, 0.2) is 0 Å². The van der Waals surface area contributed by atoms with Crippen LogP contribution in [0.25, 0.3) is 0 Å². The summed E-state index contributed by atoms with van der Waals surface area (Å²) < 4.78 is 29.5. The predicted octanol–water partition coefficient (Wildman–Crippen LogP) is 3.29. The number of ether oxygens (including phenoxy) is 1. The molecule has 0 aromatic heterocycles. The number of hydrogen-bond donors (Lipinski definition) is 1. The number of fused-ring (bicyclic) bond motifs is 2. The number of carbonyl (C=O) groups is 1. The van der Waals surface area contributed by atoms with Crippen molar-refractivity contribution in [2.45, 2.75) is 51.8 Å². The molecule has 4 nitrogen and oxygen atoms in total. The fraction of sp³-hybridized carbons (Fsp3) is 0.588. The minimum absolute atomic E-state index is 0. The predicted molar refractivity (Wildman–Crippen MR) is 90.3 cm³/mol. The van der Waals surface area contributed by atoms with E-state index in [9.17, 15) is 13.6 Å². The van der Waals surface area contributed by atoms with Crippen molar-refractivity contribution in [3.63, 3.8) is 0 Å².